The topological polar surface area (TPSA) is 90.4 Å². The van der Waals surface area contributed by atoms with Crippen LogP contribution in [0.15, 0.2) is 36.4 Å². The summed E-state index contributed by atoms with van der Waals surface area (Å²) in [5, 5.41) is 10.8. The monoisotopic (exact) mass is 287 g/mol. The third kappa shape index (κ3) is 3.29. The molecule has 0 fully saturated rings. The summed E-state index contributed by atoms with van der Waals surface area (Å²) in [7, 11) is 0. The van der Waals surface area contributed by atoms with Crippen molar-refractivity contribution < 1.29 is 9.66 Å². The van der Waals surface area contributed by atoms with Crippen molar-refractivity contribution in [3.05, 3.63) is 63.2 Å². The zero-order chi connectivity index (χ0) is 15.4. The van der Waals surface area contributed by atoms with Crippen molar-refractivity contribution in [2.45, 2.75) is 20.5 Å². The van der Waals surface area contributed by atoms with Gasteiger partial charge in [0.2, 0.25) is 0 Å². The van der Waals surface area contributed by atoms with E-state index in [1.54, 1.807) is 12.1 Å². The van der Waals surface area contributed by atoms with Crippen LogP contribution in [-0.4, -0.2) is 4.92 Å². The van der Waals surface area contributed by atoms with Crippen LogP contribution in [0.5, 0.6) is 5.75 Å². The Hall–Kier alpha value is -2.60. The summed E-state index contributed by atoms with van der Waals surface area (Å²) in [6.07, 6.45) is 0. The summed E-state index contributed by atoms with van der Waals surface area (Å²) in [5.41, 5.74) is 5.58. The zero-order valence-electron chi connectivity index (χ0n) is 11.9. The summed E-state index contributed by atoms with van der Waals surface area (Å²) in [6.45, 7) is 4.33. The molecule has 2 rings (SSSR count). The molecule has 0 heterocycles. The first-order chi connectivity index (χ1) is 10.0. The molecule has 0 saturated carbocycles. The van der Waals surface area contributed by atoms with E-state index in [-0.39, 0.29) is 11.4 Å². The number of nitrogens with one attached hydrogen (secondary N) is 1. The van der Waals surface area contributed by atoms with Crippen LogP contribution in [0.3, 0.4) is 0 Å². The van der Waals surface area contributed by atoms with Gasteiger partial charge < -0.3 is 10.2 Å². The van der Waals surface area contributed by atoms with E-state index in [0.717, 1.165) is 22.4 Å². The molecule has 0 aromatic heterocycles. The van der Waals surface area contributed by atoms with Crippen LogP contribution in [-0.2, 0) is 6.61 Å². The van der Waals surface area contributed by atoms with Gasteiger partial charge in [-0.05, 0) is 48.7 Å². The average Bonchev–Trinajstić information content (AvgIpc) is 2.48. The average molecular weight is 287 g/mol. The van der Waals surface area contributed by atoms with Crippen LogP contribution in [0.25, 0.3) is 0 Å². The molecule has 6 nitrogen and oxygen atoms in total. The second-order valence-electron chi connectivity index (χ2n) is 4.74. The van der Waals surface area contributed by atoms with Crippen LogP contribution in [0.1, 0.15) is 16.7 Å². The number of nitrogens with two attached hydrogens (primary N) is 1. The van der Waals surface area contributed by atoms with Crippen molar-refractivity contribution in [2.75, 3.05) is 5.43 Å². The minimum absolute atomic E-state index is 0.0620. The van der Waals surface area contributed by atoms with Crippen LogP contribution in [0.4, 0.5) is 11.4 Å². The fourth-order valence-corrected chi connectivity index (χ4v) is 1.99. The minimum Gasteiger partial charge on any atom is -0.489 e. The molecule has 110 valence electrons. The number of nitrogen functional groups attached to an aromatic ring is 1. The molecule has 2 aromatic carbocycles. The fourth-order valence-electron chi connectivity index (χ4n) is 1.99. The molecule has 21 heavy (non-hydrogen) atoms. The van der Waals surface area contributed by atoms with Crippen molar-refractivity contribution in [3.63, 3.8) is 0 Å². The van der Waals surface area contributed by atoms with E-state index in [9.17, 15) is 10.1 Å². The lowest BCUT2D eigenvalue weighted by Crippen LogP contribution is -2.10. The molecule has 0 unspecified atom stereocenters. The van der Waals surface area contributed by atoms with Crippen LogP contribution in [0, 0.1) is 24.0 Å². The molecular weight excluding hydrogens is 270 g/mol. The summed E-state index contributed by atoms with van der Waals surface area (Å²) in [6, 6.07) is 10.5. The predicted molar refractivity (Wildman–Crippen MR) is 81.2 cm³/mol. The summed E-state index contributed by atoms with van der Waals surface area (Å²) < 4.78 is 5.77. The number of anilines is 1. The lowest BCUT2D eigenvalue weighted by molar-refractivity contribution is -0.384. The Morgan fingerprint density at radius 1 is 1.29 bits per heavy atom. The first-order valence-electron chi connectivity index (χ1n) is 6.46. The molecule has 0 aliphatic heterocycles. The third-order valence-electron chi connectivity index (χ3n) is 3.36. The maximum Gasteiger partial charge on any atom is 0.293 e. The van der Waals surface area contributed by atoms with Gasteiger partial charge in [0.05, 0.1) is 4.92 Å². The Bertz CT molecular complexity index is 671. The number of ether oxygens (including phenoxy) is 1. The number of aryl methyl sites for hydroxylation is 1. The molecule has 0 radical (unpaired) electrons. The Kier molecular flexibility index (Phi) is 4.39. The molecule has 0 atom stereocenters. The number of rotatable bonds is 5. The fraction of sp³-hybridized carbons (Fsp3) is 0.200. The Morgan fingerprint density at radius 3 is 2.71 bits per heavy atom. The molecule has 0 bridgehead atoms. The number of nitro groups is 1. The number of nitrogens with zero attached hydrogens (tertiary/aromatic N) is 1. The normalized spacial score (nSPS) is 10.2. The highest BCUT2D eigenvalue weighted by Gasteiger charge is 2.13. The minimum atomic E-state index is -0.482. The van der Waals surface area contributed by atoms with E-state index in [1.165, 1.54) is 6.07 Å². The van der Waals surface area contributed by atoms with Crippen molar-refractivity contribution in [2.24, 2.45) is 5.84 Å². The molecule has 2 aromatic rings. The van der Waals surface area contributed by atoms with Gasteiger partial charge in [-0.2, -0.15) is 0 Å². The summed E-state index contributed by atoms with van der Waals surface area (Å²) in [5.74, 6) is 6.11. The molecule has 0 aliphatic carbocycles. The maximum absolute atomic E-state index is 10.8. The van der Waals surface area contributed by atoms with E-state index in [0.29, 0.717) is 6.61 Å². The zero-order valence-corrected chi connectivity index (χ0v) is 11.9. The molecule has 0 spiro atoms. The highest BCUT2D eigenvalue weighted by molar-refractivity contribution is 5.62. The second-order valence-corrected chi connectivity index (χ2v) is 4.74. The second kappa shape index (κ2) is 6.23. The molecule has 0 aliphatic rings. The first-order valence-corrected chi connectivity index (χ1v) is 6.46. The van der Waals surface area contributed by atoms with Crippen LogP contribution in [0.2, 0.25) is 0 Å². The molecule has 0 saturated heterocycles. The van der Waals surface area contributed by atoms with Crippen molar-refractivity contribution >= 4 is 11.4 Å². The quantitative estimate of drug-likeness (QED) is 0.501. The van der Waals surface area contributed by atoms with Crippen molar-refractivity contribution in [3.8, 4) is 5.75 Å². The van der Waals surface area contributed by atoms with Crippen LogP contribution >= 0.6 is 0 Å². The van der Waals surface area contributed by atoms with E-state index in [1.807, 2.05) is 32.0 Å². The predicted octanol–water partition coefficient (Wildman–Crippen LogP) is 3.08. The van der Waals surface area contributed by atoms with E-state index >= 15 is 0 Å². The van der Waals surface area contributed by atoms with Gasteiger partial charge in [-0.3, -0.25) is 16.0 Å². The number of nitro benzene ring substituents is 1. The van der Waals surface area contributed by atoms with E-state index < -0.39 is 4.92 Å². The van der Waals surface area contributed by atoms with E-state index in [2.05, 4.69) is 5.43 Å². The Labute approximate surface area is 122 Å². The lowest BCUT2D eigenvalue weighted by atomic mass is 10.1. The molecule has 3 N–H and O–H groups in total. The molecule has 6 heteroatoms. The van der Waals surface area contributed by atoms with Gasteiger partial charge in [-0.25, -0.2) is 0 Å². The number of hydrogen-bond donors (Lipinski definition) is 2. The lowest BCUT2D eigenvalue weighted by Gasteiger charge is -2.11. The number of benzene rings is 2. The standard InChI is InChI=1S/C15H17N3O3/c1-10-4-3-5-15(11(10)2)21-9-12-6-7-14(18(19)20)13(8-12)17-16/h3-8,17H,9,16H2,1-2H3. The van der Waals surface area contributed by atoms with E-state index in [4.69, 9.17) is 10.6 Å². The Morgan fingerprint density at radius 2 is 2.05 bits per heavy atom. The van der Waals surface area contributed by atoms with Gasteiger partial charge in [0.1, 0.15) is 18.0 Å². The summed E-state index contributed by atoms with van der Waals surface area (Å²) in [4.78, 5) is 10.4. The first kappa shape index (κ1) is 14.8. The Balaban J connectivity index is 2.17. The van der Waals surface area contributed by atoms with Gasteiger partial charge in [0, 0.05) is 6.07 Å². The van der Waals surface area contributed by atoms with Gasteiger partial charge in [0.15, 0.2) is 0 Å². The summed E-state index contributed by atoms with van der Waals surface area (Å²) >= 11 is 0. The third-order valence-corrected chi connectivity index (χ3v) is 3.36. The number of hydrogen-bond acceptors (Lipinski definition) is 5. The van der Waals surface area contributed by atoms with Crippen LogP contribution < -0.4 is 16.0 Å². The highest BCUT2D eigenvalue weighted by atomic mass is 16.6. The van der Waals surface area contributed by atoms with Gasteiger partial charge in [-0.1, -0.05) is 12.1 Å². The van der Waals surface area contributed by atoms with Crippen molar-refractivity contribution in [1.82, 2.24) is 0 Å². The maximum atomic E-state index is 10.8. The number of hydrazine groups is 1. The molecule has 0 amide bonds. The molecular formula is C15H17N3O3. The SMILES string of the molecule is Cc1cccc(OCc2ccc([N+](=O)[O-])c(NN)c2)c1C. The highest BCUT2D eigenvalue weighted by Crippen LogP contribution is 2.26. The largest absolute Gasteiger partial charge is 0.489 e. The van der Waals surface area contributed by atoms with Crippen molar-refractivity contribution in [1.29, 1.82) is 0 Å². The smallest absolute Gasteiger partial charge is 0.293 e. The van der Waals surface area contributed by atoms with Gasteiger partial charge >= 0.3 is 0 Å². The van der Waals surface area contributed by atoms with Gasteiger partial charge in [0.25, 0.3) is 5.69 Å². The van der Waals surface area contributed by atoms with Gasteiger partial charge in [-0.15, -0.1) is 0 Å².